The van der Waals surface area contributed by atoms with Crippen molar-refractivity contribution in [3.8, 4) is 28.1 Å². The molecule has 1 N–H and O–H groups in total. The van der Waals surface area contributed by atoms with Gasteiger partial charge in [0.15, 0.2) is 5.65 Å². The van der Waals surface area contributed by atoms with Crippen LogP contribution in [0.25, 0.3) is 28.0 Å². The number of fused-ring (bicyclic) bond motifs is 1. The van der Waals surface area contributed by atoms with Gasteiger partial charge in [-0.3, -0.25) is 4.79 Å². The van der Waals surface area contributed by atoms with Gasteiger partial charge in [0.2, 0.25) is 5.91 Å². The van der Waals surface area contributed by atoms with E-state index in [0.717, 1.165) is 39.3 Å². The van der Waals surface area contributed by atoms with Gasteiger partial charge in [-0.25, -0.2) is 4.98 Å². The standard InChI is InChI=1S/C29H25N3O2/c1-20-16-26(30-28(33)17-21-8-14-25(34-2)15-9-21)29-31-27(19-32(29)18-20)24-12-10-23(11-13-24)22-6-4-3-5-7-22/h3-16,18-19H,17H2,1-2H3,(H,30,33). The Labute approximate surface area is 198 Å². The number of carbonyl (C=O) groups excluding carboxylic acids is 1. The number of hydrogen-bond donors (Lipinski definition) is 1. The number of nitrogens with one attached hydrogen (secondary N) is 1. The second kappa shape index (κ2) is 9.24. The maximum absolute atomic E-state index is 12.8. The summed E-state index contributed by atoms with van der Waals surface area (Å²) in [7, 11) is 1.63. The number of pyridine rings is 1. The molecule has 2 heterocycles. The van der Waals surface area contributed by atoms with Gasteiger partial charge < -0.3 is 14.5 Å². The van der Waals surface area contributed by atoms with Gasteiger partial charge in [-0.2, -0.15) is 0 Å². The number of ether oxygens (including phenoxy) is 1. The molecule has 5 aromatic rings. The van der Waals surface area contributed by atoms with Gasteiger partial charge in [0, 0.05) is 18.0 Å². The molecule has 0 saturated heterocycles. The maximum Gasteiger partial charge on any atom is 0.228 e. The first-order valence-electron chi connectivity index (χ1n) is 11.2. The van der Waals surface area contributed by atoms with Crippen molar-refractivity contribution in [2.45, 2.75) is 13.3 Å². The fraction of sp³-hybridized carbons (Fsp3) is 0.103. The molecular formula is C29H25N3O2. The number of amides is 1. The van der Waals surface area contributed by atoms with E-state index in [1.54, 1.807) is 7.11 Å². The van der Waals surface area contributed by atoms with E-state index in [9.17, 15) is 4.79 Å². The lowest BCUT2D eigenvalue weighted by molar-refractivity contribution is -0.115. The molecule has 168 valence electrons. The molecule has 0 atom stereocenters. The minimum atomic E-state index is -0.0885. The van der Waals surface area contributed by atoms with E-state index in [1.165, 1.54) is 5.56 Å². The molecule has 3 aromatic carbocycles. The quantitative estimate of drug-likeness (QED) is 0.339. The van der Waals surface area contributed by atoms with E-state index in [4.69, 9.17) is 9.72 Å². The lowest BCUT2D eigenvalue weighted by Gasteiger charge is -2.08. The van der Waals surface area contributed by atoms with Crippen molar-refractivity contribution < 1.29 is 9.53 Å². The van der Waals surface area contributed by atoms with E-state index in [1.807, 2.05) is 72.2 Å². The third-order valence-electron chi connectivity index (χ3n) is 5.77. The SMILES string of the molecule is COc1ccc(CC(=O)Nc2cc(C)cn3cc(-c4ccc(-c5ccccc5)cc4)nc23)cc1. The molecule has 5 heteroatoms. The van der Waals surface area contributed by atoms with Crippen LogP contribution in [0.15, 0.2) is 97.3 Å². The Balaban J connectivity index is 1.39. The highest BCUT2D eigenvalue weighted by Crippen LogP contribution is 2.27. The first-order chi connectivity index (χ1) is 16.6. The fourth-order valence-electron chi connectivity index (χ4n) is 4.06. The van der Waals surface area contributed by atoms with E-state index >= 15 is 0 Å². The van der Waals surface area contributed by atoms with Crippen LogP contribution in [0.1, 0.15) is 11.1 Å². The number of carbonyl (C=O) groups is 1. The van der Waals surface area contributed by atoms with E-state index < -0.39 is 0 Å². The highest BCUT2D eigenvalue weighted by atomic mass is 16.5. The Morgan fingerprint density at radius 1 is 0.882 bits per heavy atom. The molecule has 5 rings (SSSR count). The summed E-state index contributed by atoms with van der Waals surface area (Å²) in [5, 5.41) is 3.04. The van der Waals surface area contributed by atoms with Crippen LogP contribution < -0.4 is 10.1 Å². The number of hydrogen-bond acceptors (Lipinski definition) is 3. The normalized spacial score (nSPS) is 10.9. The van der Waals surface area contributed by atoms with Crippen LogP contribution in [-0.2, 0) is 11.2 Å². The highest BCUT2D eigenvalue weighted by molar-refractivity contribution is 5.96. The number of aryl methyl sites for hydroxylation is 1. The molecule has 0 saturated carbocycles. The zero-order valence-electron chi connectivity index (χ0n) is 19.2. The van der Waals surface area contributed by atoms with Crippen molar-refractivity contribution in [1.82, 2.24) is 9.38 Å². The van der Waals surface area contributed by atoms with Gasteiger partial charge in [0.05, 0.1) is 24.9 Å². The van der Waals surface area contributed by atoms with Crippen molar-refractivity contribution in [3.63, 3.8) is 0 Å². The van der Waals surface area contributed by atoms with Gasteiger partial charge in [0.1, 0.15) is 5.75 Å². The van der Waals surface area contributed by atoms with Crippen LogP contribution in [0, 0.1) is 6.92 Å². The third kappa shape index (κ3) is 4.55. The minimum Gasteiger partial charge on any atom is -0.497 e. The van der Waals surface area contributed by atoms with Crippen LogP contribution in [0.4, 0.5) is 5.69 Å². The molecule has 0 aliphatic rings. The molecule has 0 fully saturated rings. The van der Waals surface area contributed by atoms with Crippen molar-refractivity contribution >= 4 is 17.2 Å². The van der Waals surface area contributed by atoms with Gasteiger partial charge in [-0.15, -0.1) is 0 Å². The Morgan fingerprint density at radius 2 is 1.56 bits per heavy atom. The average Bonchev–Trinajstić information content (AvgIpc) is 3.29. The number of methoxy groups -OCH3 is 1. The molecule has 0 spiro atoms. The summed E-state index contributed by atoms with van der Waals surface area (Å²) in [5.41, 5.74) is 7.60. The van der Waals surface area contributed by atoms with Crippen LogP contribution >= 0.6 is 0 Å². The first kappa shape index (κ1) is 21.5. The molecule has 1 amide bonds. The van der Waals surface area contributed by atoms with Crippen molar-refractivity contribution in [2.75, 3.05) is 12.4 Å². The zero-order chi connectivity index (χ0) is 23.5. The molecule has 0 unspecified atom stereocenters. The summed E-state index contributed by atoms with van der Waals surface area (Å²) >= 11 is 0. The molecule has 0 aliphatic carbocycles. The summed E-state index contributed by atoms with van der Waals surface area (Å²) in [6.45, 7) is 2.01. The van der Waals surface area contributed by atoms with Gasteiger partial charge in [-0.05, 0) is 47.4 Å². The number of aromatic nitrogens is 2. The Kier molecular flexibility index (Phi) is 5.83. The topological polar surface area (TPSA) is 55.6 Å². The Morgan fingerprint density at radius 3 is 2.26 bits per heavy atom. The van der Waals surface area contributed by atoms with Crippen LogP contribution in [0.2, 0.25) is 0 Å². The number of benzene rings is 3. The lowest BCUT2D eigenvalue weighted by Crippen LogP contribution is -2.15. The van der Waals surface area contributed by atoms with Crippen molar-refractivity contribution in [3.05, 3.63) is 108 Å². The van der Waals surface area contributed by atoms with Crippen LogP contribution in [0.5, 0.6) is 5.75 Å². The predicted molar refractivity (Wildman–Crippen MR) is 136 cm³/mol. The molecule has 2 aromatic heterocycles. The van der Waals surface area contributed by atoms with Gasteiger partial charge in [0.25, 0.3) is 0 Å². The predicted octanol–water partition coefficient (Wildman–Crippen LogP) is 6.17. The summed E-state index contributed by atoms with van der Waals surface area (Å²) in [5.74, 6) is 0.681. The minimum absolute atomic E-state index is 0.0885. The summed E-state index contributed by atoms with van der Waals surface area (Å²) < 4.78 is 7.16. The third-order valence-corrected chi connectivity index (χ3v) is 5.77. The monoisotopic (exact) mass is 447 g/mol. The average molecular weight is 448 g/mol. The zero-order valence-corrected chi connectivity index (χ0v) is 19.2. The van der Waals surface area contributed by atoms with Crippen molar-refractivity contribution in [1.29, 1.82) is 0 Å². The smallest absolute Gasteiger partial charge is 0.228 e. The van der Waals surface area contributed by atoms with Gasteiger partial charge in [-0.1, -0.05) is 66.7 Å². The van der Waals surface area contributed by atoms with Crippen molar-refractivity contribution in [2.24, 2.45) is 0 Å². The fourth-order valence-corrected chi connectivity index (χ4v) is 4.06. The first-order valence-corrected chi connectivity index (χ1v) is 11.2. The largest absolute Gasteiger partial charge is 0.497 e. The second-order valence-corrected chi connectivity index (χ2v) is 8.30. The number of rotatable bonds is 6. The Bertz CT molecular complexity index is 1440. The molecule has 0 aliphatic heterocycles. The summed E-state index contributed by atoms with van der Waals surface area (Å²) in [6.07, 6.45) is 4.29. The molecule has 0 radical (unpaired) electrons. The number of anilines is 1. The van der Waals surface area contributed by atoms with Crippen LogP contribution in [0.3, 0.4) is 0 Å². The molecule has 0 bridgehead atoms. The Hall–Kier alpha value is -4.38. The second-order valence-electron chi connectivity index (χ2n) is 8.30. The molecule has 5 nitrogen and oxygen atoms in total. The van der Waals surface area contributed by atoms with Crippen LogP contribution in [-0.4, -0.2) is 22.4 Å². The summed E-state index contributed by atoms with van der Waals surface area (Å²) in [6, 6.07) is 28.2. The summed E-state index contributed by atoms with van der Waals surface area (Å²) in [4.78, 5) is 17.6. The van der Waals surface area contributed by atoms with E-state index in [-0.39, 0.29) is 12.3 Å². The van der Waals surface area contributed by atoms with E-state index in [0.29, 0.717) is 5.69 Å². The lowest BCUT2D eigenvalue weighted by atomic mass is 10.0. The number of nitrogens with zero attached hydrogens (tertiary/aromatic N) is 2. The maximum atomic E-state index is 12.8. The molecular weight excluding hydrogens is 422 g/mol. The molecule has 34 heavy (non-hydrogen) atoms. The number of imidazole rings is 1. The van der Waals surface area contributed by atoms with Gasteiger partial charge >= 0.3 is 0 Å². The highest BCUT2D eigenvalue weighted by Gasteiger charge is 2.13. The van der Waals surface area contributed by atoms with E-state index in [2.05, 4.69) is 41.7 Å².